The maximum Gasteiger partial charge on any atom is 0.254 e. The van der Waals surface area contributed by atoms with Gasteiger partial charge in [-0.15, -0.1) is 0 Å². The van der Waals surface area contributed by atoms with Gasteiger partial charge in [-0.05, 0) is 31.2 Å². The summed E-state index contributed by atoms with van der Waals surface area (Å²) in [6, 6.07) is 1.59. The second-order valence-corrected chi connectivity index (χ2v) is 4.90. The summed E-state index contributed by atoms with van der Waals surface area (Å²) >= 11 is 0. The Morgan fingerprint density at radius 1 is 1.37 bits per heavy atom. The van der Waals surface area contributed by atoms with Gasteiger partial charge in [0.05, 0.1) is 17.4 Å². The molecule has 0 spiro atoms. The molecule has 0 aromatic heterocycles. The third-order valence-corrected chi connectivity index (χ3v) is 3.40. The highest BCUT2D eigenvalue weighted by molar-refractivity contribution is 5.95. The molecular weight excluding hydrogens is 254 g/mol. The van der Waals surface area contributed by atoms with Gasteiger partial charge in [-0.2, -0.15) is 0 Å². The van der Waals surface area contributed by atoms with Gasteiger partial charge in [-0.1, -0.05) is 0 Å². The van der Waals surface area contributed by atoms with Crippen molar-refractivity contribution in [2.45, 2.75) is 25.4 Å². The van der Waals surface area contributed by atoms with Gasteiger partial charge >= 0.3 is 0 Å². The molecule has 1 amide bonds. The number of nitrogens with two attached hydrogens (primary N) is 1. The highest BCUT2D eigenvalue weighted by Crippen LogP contribution is 2.24. The average molecular weight is 270 g/mol. The van der Waals surface area contributed by atoms with E-state index in [0.717, 1.165) is 18.9 Å². The molecular formula is C13H16F2N2O2. The third-order valence-electron chi connectivity index (χ3n) is 3.40. The van der Waals surface area contributed by atoms with Gasteiger partial charge in [0.25, 0.3) is 5.91 Å². The van der Waals surface area contributed by atoms with E-state index in [9.17, 15) is 18.7 Å². The lowest BCUT2D eigenvalue weighted by Crippen LogP contribution is -2.29. The van der Waals surface area contributed by atoms with E-state index in [2.05, 4.69) is 5.32 Å². The monoisotopic (exact) mass is 270 g/mol. The van der Waals surface area contributed by atoms with Crippen molar-refractivity contribution in [3.8, 4) is 0 Å². The number of aliphatic hydroxyl groups excluding tert-OH is 1. The Hall–Kier alpha value is -1.69. The minimum Gasteiger partial charge on any atom is -0.396 e. The van der Waals surface area contributed by atoms with Gasteiger partial charge in [-0.25, -0.2) is 8.78 Å². The molecule has 104 valence electrons. The van der Waals surface area contributed by atoms with Crippen LogP contribution in [0.4, 0.5) is 14.5 Å². The number of anilines is 1. The third kappa shape index (κ3) is 3.20. The van der Waals surface area contributed by atoms with Crippen molar-refractivity contribution in [2.75, 3.05) is 12.3 Å². The zero-order valence-electron chi connectivity index (χ0n) is 10.3. The van der Waals surface area contributed by atoms with Crippen molar-refractivity contribution in [1.29, 1.82) is 0 Å². The van der Waals surface area contributed by atoms with Crippen molar-refractivity contribution in [2.24, 2.45) is 5.92 Å². The molecule has 4 N–H and O–H groups in total. The minimum absolute atomic E-state index is 0.194. The van der Waals surface area contributed by atoms with E-state index in [1.165, 1.54) is 0 Å². The highest BCUT2D eigenvalue weighted by atomic mass is 19.1. The number of rotatable bonds is 3. The normalized spacial score (nSPS) is 22.5. The molecule has 2 atom stereocenters. The van der Waals surface area contributed by atoms with Crippen molar-refractivity contribution >= 4 is 11.6 Å². The van der Waals surface area contributed by atoms with Crippen LogP contribution in [0, 0.1) is 17.6 Å². The van der Waals surface area contributed by atoms with E-state index in [1.807, 2.05) is 0 Å². The van der Waals surface area contributed by atoms with Crippen LogP contribution >= 0.6 is 0 Å². The molecule has 0 saturated heterocycles. The molecule has 1 saturated carbocycles. The zero-order valence-corrected chi connectivity index (χ0v) is 10.3. The van der Waals surface area contributed by atoms with Gasteiger partial charge < -0.3 is 16.2 Å². The van der Waals surface area contributed by atoms with Crippen molar-refractivity contribution < 1.29 is 18.7 Å². The van der Waals surface area contributed by atoms with Crippen LogP contribution in [0.5, 0.6) is 0 Å². The first-order valence-electron chi connectivity index (χ1n) is 6.18. The topological polar surface area (TPSA) is 75.4 Å². The lowest BCUT2D eigenvalue weighted by atomic mass is 10.1. The van der Waals surface area contributed by atoms with Gasteiger partial charge in [0.2, 0.25) is 0 Å². The standard InChI is InChI=1S/C13H16F2N2O2/c14-10-5-11(15)12(16)4-9(10)13(19)17-6-7-1-2-8(18)3-7/h4-5,7-8,18H,1-3,6,16H2,(H,17,19). The summed E-state index contributed by atoms with van der Waals surface area (Å²) in [6.45, 7) is 0.368. The van der Waals surface area contributed by atoms with E-state index in [0.29, 0.717) is 19.0 Å². The number of nitrogens with one attached hydrogen (secondary N) is 1. The minimum atomic E-state index is -0.935. The van der Waals surface area contributed by atoms with E-state index >= 15 is 0 Å². The van der Waals surface area contributed by atoms with Gasteiger partial charge in [0.15, 0.2) is 0 Å². The summed E-state index contributed by atoms with van der Waals surface area (Å²) in [5.41, 5.74) is 4.78. The molecule has 0 radical (unpaired) electrons. The van der Waals surface area contributed by atoms with Crippen LogP contribution in [0.2, 0.25) is 0 Å². The molecule has 19 heavy (non-hydrogen) atoms. The first-order valence-corrected chi connectivity index (χ1v) is 6.18. The number of aliphatic hydroxyl groups is 1. The molecule has 1 aliphatic rings. The molecule has 6 heteroatoms. The number of halogens is 2. The van der Waals surface area contributed by atoms with Crippen LogP contribution in [0.15, 0.2) is 12.1 Å². The van der Waals surface area contributed by atoms with Crippen molar-refractivity contribution in [1.82, 2.24) is 5.32 Å². The van der Waals surface area contributed by atoms with Crippen LogP contribution in [0.25, 0.3) is 0 Å². The summed E-state index contributed by atoms with van der Waals surface area (Å²) in [5, 5.41) is 11.9. The summed E-state index contributed by atoms with van der Waals surface area (Å²) in [4.78, 5) is 11.8. The lowest BCUT2D eigenvalue weighted by Gasteiger charge is -2.11. The molecule has 1 aliphatic carbocycles. The second-order valence-electron chi connectivity index (χ2n) is 4.90. The second kappa shape index (κ2) is 5.52. The number of hydrogen-bond donors (Lipinski definition) is 3. The average Bonchev–Trinajstić information content (AvgIpc) is 2.77. The molecule has 1 fully saturated rings. The van der Waals surface area contributed by atoms with Crippen LogP contribution < -0.4 is 11.1 Å². The number of carbonyl (C=O) groups is 1. The Labute approximate surface area is 109 Å². The predicted octanol–water partition coefficient (Wildman–Crippen LogP) is 1.44. The Bertz CT molecular complexity index is 494. The fourth-order valence-corrected chi connectivity index (χ4v) is 2.31. The Kier molecular flexibility index (Phi) is 3.99. The number of nitrogen functional groups attached to an aromatic ring is 1. The van der Waals surface area contributed by atoms with Crippen molar-refractivity contribution in [3.63, 3.8) is 0 Å². The van der Waals surface area contributed by atoms with E-state index in [4.69, 9.17) is 5.73 Å². The molecule has 1 aromatic rings. The van der Waals surface area contributed by atoms with E-state index < -0.39 is 17.5 Å². The summed E-state index contributed by atoms with van der Waals surface area (Å²) in [7, 11) is 0. The summed E-state index contributed by atoms with van der Waals surface area (Å²) < 4.78 is 26.4. The van der Waals surface area contributed by atoms with Gasteiger partial charge in [-0.3, -0.25) is 4.79 Å². The molecule has 0 bridgehead atoms. The van der Waals surface area contributed by atoms with Gasteiger partial charge in [0, 0.05) is 12.6 Å². The van der Waals surface area contributed by atoms with Gasteiger partial charge in [0.1, 0.15) is 11.6 Å². The fourth-order valence-electron chi connectivity index (χ4n) is 2.31. The van der Waals surface area contributed by atoms with Crippen LogP contribution in [0.3, 0.4) is 0 Å². The first kappa shape index (κ1) is 13.7. The van der Waals surface area contributed by atoms with E-state index in [-0.39, 0.29) is 23.3 Å². The Morgan fingerprint density at radius 2 is 2.11 bits per heavy atom. The van der Waals surface area contributed by atoms with Crippen LogP contribution in [-0.2, 0) is 0 Å². The number of carbonyl (C=O) groups excluding carboxylic acids is 1. The molecule has 2 rings (SSSR count). The summed E-state index contributed by atoms with van der Waals surface area (Å²) in [5.74, 6) is -2.24. The fraction of sp³-hybridized carbons (Fsp3) is 0.462. The quantitative estimate of drug-likeness (QED) is 0.727. The number of benzene rings is 1. The van der Waals surface area contributed by atoms with Crippen LogP contribution in [-0.4, -0.2) is 23.7 Å². The highest BCUT2D eigenvalue weighted by Gasteiger charge is 2.23. The molecule has 1 aromatic carbocycles. The first-order chi connectivity index (χ1) is 8.97. The van der Waals surface area contributed by atoms with Crippen LogP contribution in [0.1, 0.15) is 29.6 Å². The number of amides is 1. The van der Waals surface area contributed by atoms with E-state index in [1.54, 1.807) is 0 Å². The molecule has 2 unspecified atom stereocenters. The summed E-state index contributed by atoms with van der Waals surface area (Å²) in [6.07, 6.45) is 1.86. The maximum absolute atomic E-state index is 13.4. The smallest absolute Gasteiger partial charge is 0.254 e. The molecule has 0 heterocycles. The Morgan fingerprint density at radius 3 is 2.74 bits per heavy atom. The maximum atomic E-state index is 13.4. The Balaban J connectivity index is 1.98. The molecule has 0 aliphatic heterocycles. The SMILES string of the molecule is Nc1cc(C(=O)NCC2CCC(O)C2)c(F)cc1F. The molecule has 4 nitrogen and oxygen atoms in total. The largest absolute Gasteiger partial charge is 0.396 e. The van der Waals surface area contributed by atoms with Crippen molar-refractivity contribution in [3.05, 3.63) is 29.3 Å². The predicted molar refractivity (Wildman–Crippen MR) is 66.5 cm³/mol. The number of hydrogen-bond acceptors (Lipinski definition) is 3. The zero-order chi connectivity index (χ0) is 14.0. The lowest BCUT2D eigenvalue weighted by molar-refractivity contribution is 0.0941.